The molecule has 0 N–H and O–H groups in total. The van der Waals surface area contributed by atoms with Crippen LogP contribution in [0.15, 0.2) is 51.6 Å². The van der Waals surface area contributed by atoms with Crippen molar-refractivity contribution in [2.75, 3.05) is 19.7 Å². The van der Waals surface area contributed by atoms with Crippen LogP contribution in [-0.2, 0) is 29.1 Å². The molecule has 0 aliphatic carbocycles. The molecule has 1 fully saturated rings. The predicted octanol–water partition coefficient (Wildman–Crippen LogP) is 5.72. The van der Waals surface area contributed by atoms with Crippen LogP contribution >= 0.6 is 15.9 Å². The van der Waals surface area contributed by atoms with Gasteiger partial charge in [0.25, 0.3) is 5.92 Å². The second kappa shape index (κ2) is 9.58. The van der Waals surface area contributed by atoms with Gasteiger partial charge in [-0.2, -0.15) is 0 Å². The molecule has 0 atom stereocenters. The van der Waals surface area contributed by atoms with Gasteiger partial charge in [0.05, 0.1) is 25.8 Å². The first kappa shape index (κ1) is 22.7. The van der Waals surface area contributed by atoms with E-state index in [1.807, 2.05) is 36.4 Å². The number of furan rings is 1. The largest absolute Gasteiger partial charge is 0.488 e. The van der Waals surface area contributed by atoms with Crippen molar-refractivity contribution < 1.29 is 27.5 Å². The normalized spacial score (nSPS) is 15.9. The molecule has 0 radical (unpaired) electrons. The SMILES string of the molecule is CCOC(=O)Cc1ccccc1OCc1coc2c(CN3CCC(F)(F)C3)cc(Br)cc12. The van der Waals surface area contributed by atoms with Gasteiger partial charge in [-0.05, 0) is 25.1 Å². The Kier molecular flexibility index (Phi) is 6.81. The molecule has 2 aromatic carbocycles. The molecule has 32 heavy (non-hydrogen) atoms. The summed E-state index contributed by atoms with van der Waals surface area (Å²) in [6.07, 6.45) is 1.64. The van der Waals surface area contributed by atoms with Crippen molar-refractivity contribution in [2.24, 2.45) is 0 Å². The number of rotatable bonds is 8. The third-order valence-corrected chi connectivity index (χ3v) is 5.89. The number of esters is 1. The minimum Gasteiger partial charge on any atom is -0.488 e. The Labute approximate surface area is 193 Å². The summed E-state index contributed by atoms with van der Waals surface area (Å²) in [7, 11) is 0. The van der Waals surface area contributed by atoms with Gasteiger partial charge in [-0.3, -0.25) is 9.69 Å². The van der Waals surface area contributed by atoms with E-state index in [9.17, 15) is 13.6 Å². The summed E-state index contributed by atoms with van der Waals surface area (Å²) in [5.41, 5.74) is 3.10. The van der Waals surface area contributed by atoms with Crippen LogP contribution in [0.1, 0.15) is 30.0 Å². The highest BCUT2D eigenvalue weighted by molar-refractivity contribution is 9.10. The fourth-order valence-electron chi connectivity index (χ4n) is 3.95. The van der Waals surface area contributed by atoms with Crippen molar-refractivity contribution in [3.8, 4) is 5.75 Å². The highest BCUT2D eigenvalue weighted by Gasteiger charge is 2.38. The number of carbonyl (C=O) groups is 1. The van der Waals surface area contributed by atoms with Crippen molar-refractivity contribution in [2.45, 2.75) is 38.8 Å². The number of fused-ring (bicyclic) bond motifs is 1. The average molecular weight is 508 g/mol. The Morgan fingerprint density at radius 3 is 2.78 bits per heavy atom. The monoisotopic (exact) mass is 507 g/mol. The minimum absolute atomic E-state index is 0.118. The molecule has 1 saturated heterocycles. The van der Waals surface area contributed by atoms with Gasteiger partial charge in [-0.1, -0.05) is 34.1 Å². The van der Waals surface area contributed by atoms with E-state index < -0.39 is 5.92 Å². The number of likely N-dealkylation sites (tertiary alicyclic amines) is 1. The lowest BCUT2D eigenvalue weighted by molar-refractivity contribution is -0.142. The third-order valence-electron chi connectivity index (χ3n) is 5.43. The molecule has 1 aliphatic heterocycles. The summed E-state index contributed by atoms with van der Waals surface area (Å²) in [4.78, 5) is 13.6. The van der Waals surface area contributed by atoms with Crippen molar-refractivity contribution >= 4 is 32.9 Å². The third kappa shape index (κ3) is 5.30. The van der Waals surface area contributed by atoms with Crippen LogP contribution in [0.4, 0.5) is 8.78 Å². The molecule has 0 saturated carbocycles. The van der Waals surface area contributed by atoms with E-state index in [-0.39, 0.29) is 32.0 Å². The molecule has 0 bridgehead atoms. The zero-order valence-electron chi connectivity index (χ0n) is 17.7. The van der Waals surface area contributed by atoms with Crippen LogP contribution in [0.5, 0.6) is 5.75 Å². The van der Waals surface area contributed by atoms with Gasteiger partial charge in [0, 0.05) is 46.1 Å². The van der Waals surface area contributed by atoms with Gasteiger partial charge in [0.15, 0.2) is 0 Å². The first-order valence-electron chi connectivity index (χ1n) is 10.5. The maximum Gasteiger partial charge on any atom is 0.310 e. The van der Waals surface area contributed by atoms with E-state index in [0.29, 0.717) is 31.0 Å². The Hall–Kier alpha value is -2.45. The molecular formula is C24H24BrF2NO4. The highest BCUT2D eigenvalue weighted by atomic mass is 79.9. The van der Waals surface area contributed by atoms with Crippen molar-refractivity contribution in [1.29, 1.82) is 0 Å². The summed E-state index contributed by atoms with van der Waals surface area (Å²) in [6, 6.07) is 11.2. The van der Waals surface area contributed by atoms with Crippen molar-refractivity contribution in [3.05, 3.63) is 63.8 Å². The number of nitrogens with zero attached hydrogens (tertiary/aromatic N) is 1. The van der Waals surface area contributed by atoms with E-state index in [1.165, 1.54) is 0 Å². The summed E-state index contributed by atoms with van der Waals surface area (Å²) in [5.74, 6) is -2.34. The molecule has 8 heteroatoms. The number of ether oxygens (including phenoxy) is 2. The molecule has 0 amide bonds. The van der Waals surface area contributed by atoms with Gasteiger partial charge in [-0.15, -0.1) is 0 Å². The first-order valence-corrected chi connectivity index (χ1v) is 11.3. The van der Waals surface area contributed by atoms with Crippen molar-refractivity contribution in [3.63, 3.8) is 0 Å². The van der Waals surface area contributed by atoms with Crippen LogP contribution < -0.4 is 4.74 Å². The lowest BCUT2D eigenvalue weighted by atomic mass is 10.1. The fraction of sp³-hybridized carbons (Fsp3) is 0.375. The number of halogens is 3. The molecule has 4 rings (SSSR count). The molecule has 0 unspecified atom stereocenters. The number of alkyl halides is 2. The maximum atomic E-state index is 13.6. The Morgan fingerprint density at radius 1 is 1.22 bits per heavy atom. The topological polar surface area (TPSA) is 51.9 Å². The van der Waals surface area contributed by atoms with E-state index in [4.69, 9.17) is 13.9 Å². The number of para-hydroxylation sites is 1. The van der Waals surface area contributed by atoms with Gasteiger partial charge in [0.1, 0.15) is 17.9 Å². The molecule has 170 valence electrons. The number of hydrogen-bond donors (Lipinski definition) is 0. The van der Waals surface area contributed by atoms with Gasteiger partial charge < -0.3 is 13.9 Å². The van der Waals surface area contributed by atoms with E-state index >= 15 is 0 Å². The number of hydrogen-bond acceptors (Lipinski definition) is 5. The Balaban J connectivity index is 1.52. The second-order valence-electron chi connectivity index (χ2n) is 7.90. The van der Waals surface area contributed by atoms with Crippen LogP contribution in [-0.4, -0.2) is 36.5 Å². The summed E-state index contributed by atoms with van der Waals surface area (Å²) in [5, 5.41) is 0.864. The number of benzene rings is 2. The molecule has 1 aliphatic rings. The smallest absolute Gasteiger partial charge is 0.310 e. The highest BCUT2D eigenvalue weighted by Crippen LogP contribution is 2.33. The van der Waals surface area contributed by atoms with Gasteiger partial charge >= 0.3 is 5.97 Å². The standard InChI is InChI=1S/C24H24BrF2NO4/c1-2-30-22(29)10-16-5-3-4-6-21(16)31-13-18-14-32-23-17(9-19(25)11-20(18)23)12-28-8-7-24(26,27)15-28/h3-6,9,11,14H,2,7-8,10,12-13,15H2,1H3. The zero-order valence-corrected chi connectivity index (χ0v) is 19.3. The van der Waals surface area contributed by atoms with E-state index in [1.54, 1.807) is 18.1 Å². The fourth-order valence-corrected chi connectivity index (χ4v) is 4.45. The lowest BCUT2D eigenvalue weighted by Crippen LogP contribution is -2.24. The first-order chi connectivity index (χ1) is 15.3. The Bertz CT molecular complexity index is 1110. The molecule has 0 spiro atoms. The van der Waals surface area contributed by atoms with Crippen LogP contribution in [0.3, 0.4) is 0 Å². The average Bonchev–Trinajstić information content (AvgIpc) is 3.30. The Morgan fingerprint density at radius 2 is 2.03 bits per heavy atom. The quantitative estimate of drug-likeness (QED) is 0.365. The maximum absolute atomic E-state index is 13.6. The molecular weight excluding hydrogens is 484 g/mol. The van der Waals surface area contributed by atoms with E-state index in [0.717, 1.165) is 26.5 Å². The van der Waals surface area contributed by atoms with Crippen LogP contribution in [0.2, 0.25) is 0 Å². The molecule has 5 nitrogen and oxygen atoms in total. The van der Waals surface area contributed by atoms with Crippen LogP contribution in [0, 0.1) is 0 Å². The summed E-state index contributed by atoms with van der Waals surface area (Å²) < 4.78 is 44.9. The van der Waals surface area contributed by atoms with Gasteiger partial charge in [0.2, 0.25) is 0 Å². The van der Waals surface area contributed by atoms with Gasteiger partial charge in [-0.25, -0.2) is 8.78 Å². The minimum atomic E-state index is -2.63. The molecule has 1 aromatic heterocycles. The predicted molar refractivity (Wildman–Crippen MR) is 120 cm³/mol. The summed E-state index contributed by atoms with van der Waals surface area (Å²) >= 11 is 3.52. The molecule has 3 aromatic rings. The van der Waals surface area contributed by atoms with Crippen LogP contribution in [0.25, 0.3) is 11.0 Å². The zero-order chi connectivity index (χ0) is 22.7. The molecule has 2 heterocycles. The van der Waals surface area contributed by atoms with E-state index in [2.05, 4.69) is 15.9 Å². The second-order valence-corrected chi connectivity index (χ2v) is 8.81. The number of carbonyl (C=O) groups excluding carboxylic acids is 1. The lowest BCUT2D eigenvalue weighted by Gasteiger charge is -2.16. The summed E-state index contributed by atoms with van der Waals surface area (Å²) in [6.45, 7) is 2.84. The van der Waals surface area contributed by atoms with Crippen molar-refractivity contribution in [1.82, 2.24) is 4.90 Å².